The summed E-state index contributed by atoms with van der Waals surface area (Å²) in [7, 11) is 0. The first kappa shape index (κ1) is 16.4. The fraction of sp³-hybridized carbons (Fsp3) is 0.176. The Morgan fingerprint density at radius 1 is 1.29 bits per heavy atom. The Balaban J connectivity index is 1.97. The van der Waals surface area contributed by atoms with Crippen molar-refractivity contribution in [2.45, 2.75) is 13.0 Å². The van der Waals surface area contributed by atoms with Gasteiger partial charge in [0.05, 0.1) is 5.56 Å². The van der Waals surface area contributed by atoms with E-state index in [0.717, 1.165) is 4.47 Å². The van der Waals surface area contributed by atoms with Gasteiger partial charge in [0, 0.05) is 10.2 Å². The molecular formula is C17H14BrFN2O3. The molecule has 0 aliphatic carbocycles. The van der Waals surface area contributed by atoms with E-state index >= 15 is 0 Å². The molecule has 0 spiro atoms. The van der Waals surface area contributed by atoms with Crippen LogP contribution in [0.4, 0.5) is 10.1 Å². The maximum atomic E-state index is 14.3. The molecule has 2 aromatic carbocycles. The van der Waals surface area contributed by atoms with Gasteiger partial charge >= 0.3 is 0 Å². The first-order valence-electron chi connectivity index (χ1n) is 7.23. The molecule has 124 valence electrons. The summed E-state index contributed by atoms with van der Waals surface area (Å²) in [6, 6.07) is 8.57. The number of amides is 2. The molecule has 7 heteroatoms. The topological polar surface area (TPSA) is 67.4 Å². The van der Waals surface area contributed by atoms with Crippen LogP contribution in [0.2, 0.25) is 0 Å². The van der Waals surface area contributed by atoms with Gasteiger partial charge in [-0.05, 0) is 42.8 Å². The van der Waals surface area contributed by atoms with Crippen LogP contribution < -0.4 is 15.4 Å². The SMILES string of the molecule is Cc1ccc(F)c2c1OCC(=O)NC2C(=O)Nc1ccc(Br)cc1. The van der Waals surface area contributed by atoms with Crippen LogP contribution in [0.3, 0.4) is 0 Å². The van der Waals surface area contributed by atoms with E-state index in [1.54, 1.807) is 37.3 Å². The number of aryl methyl sites for hydroxylation is 1. The molecule has 5 nitrogen and oxygen atoms in total. The van der Waals surface area contributed by atoms with Gasteiger partial charge < -0.3 is 15.4 Å². The highest BCUT2D eigenvalue weighted by Crippen LogP contribution is 2.34. The maximum absolute atomic E-state index is 14.3. The molecule has 0 saturated carbocycles. The van der Waals surface area contributed by atoms with Crippen molar-refractivity contribution in [1.82, 2.24) is 5.32 Å². The summed E-state index contributed by atoms with van der Waals surface area (Å²) in [6.07, 6.45) is 0. The third-order valence-corrected chi connectivity index (χ3v) is 4.18. The molecule has 0 aromatic heterocycles. The Morgan fingerprint density at radius 3 is 2.71 bits per heavy atom. The molecule has 1 heterocycles. The molecule has 1 unspecified atom stereocenters. The number of rotatable bonds is 2. The minimum Gasteiger partial charge on any atom is -0.483 e. The summed E-state index contributed by atoms with van der Waals surface area (Å²) in [4.78, 5) is 24.5. The van der Waals surface area contributed by atoms with E-state index in [9.17, 15) is 14.0 Å². The molecule has 24 heavy (non-hydrogen) atoms. The van der Waals surface area contributed by atoms with Crippen molar-refractivity contribution in [2.75, 3.05) is 11.9 Å². The Morgan fingerprint density at radius 2 is 2.00 bits per heavy atom. The van der Waals surface area contributed by atoms with Gasteiger partial charge in [0.1, 0.15) is 17.6 Å². The molecule has 0 bridgehead atoms. The van der Waals surface area contributed by atoms with Crippen LogP contribution in [0.15, 0.2) is 40.9 Å². The standard InChI is InChI=1S/C17H14BrFN2O3/c1-9-2-7-12(19)14-15(21-13(22)8-24-16(9)14)17(23)20-11-5-3-10(18)4-6-11/h2-7,15H,8H2,1H3,(H,20,23)(H,21,22). The zero-order valence-electron chi connectivity index (χ0n) is 12.7. The number of benzene rings is 2. The fourth-order valence-corrected chi connectivity index (χ4v) is 2.77. The van der Waals surface area contributed by atoms with Crippen molar-refractivity contribution >= 4 is 33.4 Å². The summed E-state index contributed by atoms with van der Waals surface area (Å²) >= 11 is 3.31. The van der Waals surface area contributed by atoms with Gasteiger partial charge in [0.2, 0.25) is 0 Å². The lowest BCUT2D eigenvalue weighted by Crippen LogP contribution is -2.37. The average Bonchev–Trinajstić information content (AvgIpc) is 2.73. The van der Waals surface area contributed by atoms with Crippen molar-refractivity contribution in [3.8, 4) is 5.75 Å². The van der Waals surface area contributed by atoms with Crippen LogP contribution in [0, 0.1) is 12.7 Å². The Hall–Kier alpha value is -2.41. The van der Waals surface area contributed by atoms with E-state index < -0.39 is 23.7 Å². The highest BCUT2D eigenvalue weighted by atomic mass is 79.9. The molecular weight excluding hydrogens is 379 g/mol. The lowest BCUT2D eigenvalue weighted by atomic mass is 10.0. The number of halogens is 2. The molecule has 3 rings (SSSR count). The zero-order chi connectivity index (χ0) is 17.3. The molecule has 0 fully saturated rings. The van der Waals surface area contributed by atoms with Gasteiger partial charge in [-0.1, -0.05) is 22.0 Å². The molecule has 2 N–H and O–H groups in total. The number of fused-ring (bicyclic) bond motifs is 1. The summed E-state index contributed by atoms with van der Waals surface area (Å²) in [5, 5.41) is 5.19. The summed E-state index contributed by atoms with van der Waals surface area (Å²) in [6.45, 7) is 1.47. The smallest absolute Gasteiger partial charge is 0.258 e. The van der Waals surface area contributed by atoms with E-state index in [1.807, 2.05) is 0 Å². The van der Waals surface area contributed by atoms with E-state index in [4.69, 9.17) is 4.74 Å². The number of anilines is 1. The van der Waals surface area contributed by atoms with Gasteiger partial charge in [0.15, 0.2) is 6.61 Å². The third-order valence-electron chi connectivity index (χ3n) is 3.66. The summed E-state index contributed by atoms with van der Waals surface area (Å²) < 4.78 is 20.6. The van der Waals surface area contributed by atoms with Gasteiger partial charge in [-0.3, -0.25) is 9.59 Å². The second-order valence-corrected chi connectivity index (χ2v) is 6.31. The van der Waals surface area contributed by atoms with Gasteiger partial charge in [0.25, 0.3) is 11.8 Å². The number of ether oxygens (including phenoxy) is 1. The minimum absolute atomic E-state index is 0.0375. The first-order chi connectivity index (χ1) is 11.5. The average molecular weight is 393 g/mol. The quantitative estimate of drug-likeness (QED) is 0.824. The van der Waals surface area contributed by atoms with Gasteiger partial charge in [-0.2, -0.15) is 0 Å². The van der Waals surface area contributed by atoms with E-state index in [1.165, 1.54) is 6.07 Å². The monoisotopic (exact) mass is 392 g/mol. The first-order valence-corrected chi connectivity index (χ1v) is 8.02. The number of carbonyl (C=O) groups excluding carboxylic acids is 2. The van der Waals surface area contributed by atoms with Crippen LogP contribution in [-0.4, -0.2) is 18.4 Å². The highest BCUT2D eigenvalue weighted by molar-refractivity contribution is 9.10. The van der Waals surface area contributed by atoms with E-state index in [2.05, 4.69) is 26.6 Å². The largest absolute Gasteiger partial charge is 0.483 e. The van der Waals surface area contributed by atoms with Crippen molar-refractivity contribution in [2.24, 2.45) is 0 Å². The number of carbonyl (C=O) groups is 2. The summed E-state index contributed by atoms with van der Waals surface area (Å²) in [5.74, 6) is -1.40. The van der Waals surface area contributed by atoms with Crippen molar-refractivity contribution < 1.29 is 18.7 Å². The lowest BCUT2D eigenvalue weighted by Gasteiger charge is -2.19. The molecule has 2 aromatic rings. The van der Waals surface area contributed by atoms with Crippen molar-refractivity contribution in [3.63, 3.8) is 0 Å². The highest BCUT2D eigenvalue weighted by Gasteiger charge is 2.32. The Bertz CT molecular complexity index is 808. The van der Waals surface area contributed by atoms with Crippen LogP contribution in [0.25, 0.3) is 0 Å². The van der Waals surface area contributed by atoms with Crippen LogP contribution in [-0.2, 0) is 9.59 Å². The third kappa shape index (κ3) is 3.26. The Labute approximate surface area is 146 Å². The summed E-state index contributed by atoms with van der Waals surface area (Å²) in [5.41, 5.74) is 1.23. The maximum Gasteiger partial charge on any atom is 0.258 e. The van der Waals surface area contributed by atoms with E-state index in [-0.39, 0.29) is 17.9 Å². The lowest BCUT2D eigenvalue weighted by molar-refractivity contribution is -0.127. The fourth-order valence-electron chi connectivity index (χ4n) is 2.50. The minimum atomic E-state index is -1.17. The second-order valence-electron chi connectivity index (χ2n) is 5.39. The van der Waals surface area contributed by atoms with Gasteiger partial charge in [-0.15, -0.1) is 0 Å². The molecule has 1 aliphatic heterocycles. The van der Waals surface area contributed by atoms with Gasteiger partial charge in [-0.25, -0.2) is 4.39 Å². The second kappa shape index (κ2) is 6.60. The van der Waals surface area contributed by atoms with Crippen LogP contribution >= 0.6 is 15.9 Å². The molecule has 2 amide bonds. The number of hydrogen-bond donors (Lipinski definition) is 2. The predicted octanol–water partition coefficient (Wildman–Crippen LogP) is 3.09. The molecule has 0 radical (unpaired) electrons. The zero-order valence-corrected chi connectivity index (χ0v) is 14.3. The molecule has 1 aliphatic rings. The number of nitrogens with one attached hydrogen (secondary N) is 2. The van der Waals surface area contributed by atoms with Crippen molar-refractivity contribution in [3.05, 3.63) is 57.8 Å². The number of hydrogen-bond acceptors (Lipinski definition) is 3. The van der Waals surface area contributed by atoms with Crippen LogP contribution in [0.1, 0.15) is 17.2 Å². The predicted molar refractivity (Wildman–Crippen MR) is 90.3 cm³/mol. The normalized spacial score (nSPS) is 16.5. The molecule has 1 atom stereocenters. The van der Waals surface area contributed by atoms with Crippen LogP contribution in [0.5, 0.6) is 5.75 Å². The van der Waals surface area contributed by atoms with Crippen molar-refractivity contribution in [1.29, 1.82) is 0 Å². The van der Waals surface area contributed by atoms with E-state index in [0.29, 0.717) is 11.3 Å². The Kier molecular flexibility index (Phi) is 4.53. The molecule has 0 saturated heterocycles.